The van der Waals surface area contributed by atoms with Crippen LogP contribution in [0.25, 0.3) is 0 Å². The summed E-state index contributed by atoms with van der Waals surface area (Å²) in [6, 6.07) is 4.26. The summed E-state index contributed by atoms with van der Waals surface area (Å²) >= 11 is 0. The molecular weight excluding hydrogens is 235 g/mol. The van der Waals surface area contributed by atoms with Gasteiger partial charge in [0.25, 0.3) is 0 Å². The van der Waals surface area contributed by atoms with Gasteiger partial charge in [-0.2, -0.15) is 0 Å². The third kappa shape index (κ3) is 2.98. The molecular formula is C13H17FN2O2. The van der Waals surface area contributed by atoms with E-state index in [1.54, 1.807) is 6.07 Å². The molecule has 2 atom stereocenters. The SMILES string of the molecule is CC1CCC(COc2ccc(C(=N)N)cc2F)O1. The van der Waals surface area contributed by atoms with Crippen molar-refractivity contribution in [1.82, 2.24) is 0 Å². The van der Waals surface area contributed by atoms with Crippen LogP contribution >= 0.6 is 0 Å². The van der Waals surface area contributed by atoms with Crippen LogP contribution in [0.1, 0.15) is 25.3 Å². The molecule has 1 saturated heterocycles. The van der Waals surface area contributed by atoms with Gasteiger partial charge in [0.1, 0.15) is 12.4 Å². The van der Waals surface area contributed by atoms with Crippen LogP contribution in [0.2, 0.25) is 0 Å². The van der Waals surface area contributed by atoms with E-state index >= 15 is 0 Å². The highest BCUT2D eigenvalue weighted by Crippen LogP contribution is 2.22. The molecule has 5 heteroatoms. The summed E-state index contributed by atoms with van der Waals surface area (Å²) in [6.45, 7) is 2.36. The first-order valence-corrected chi connectivity index (χ1v) is 5.98. The van der Waals surface area contributed by atoms with Gasteiger partial charge in [0.05, 0.1) is 12.2 Å². The van der Waals surface area contributed by atoms with Crippen LogP contribution in [-0.4, -0.2) is 24.7 Å². The summed E-state index contributed by atoms with van der Waals surface area (Å²) in [5, 5.41) is 7.21. The Kier molecular flexibility index (Phi) is 3.81. The van der Waals surface area contributed by atoms with Crippen LogP contribution in [0.4, 0.5) is 4.39 Å². The fourth-order valence-electron chi connectivity index (χ4n) is 1.98. The maximum Gasteiger partial charge on any atom is 0.165 e. The average molecular weight is 252 g/mol. The summed E-state index contributed by atoms with van der Waals surface area (Å²) in [6.07, 6.45) is 2.24. The van der Waals surface area contributed by atoms with Crippen molar-refractivity contribution in [2.75, 3.05) is 6.61 Å². The third-order valence-corrected chi connectivity index (χ3v) is 2.99. The number of nitrogen functional groups attached to an aromatic ring is 1. The highest BCUT2D eigenvalue weighted by molar-refractivity contribution is 5.95. The van der Waals surface area contributed by atoms with Crippen LogP contribution in [0, 0.1) is 11.2 Å². The van der Waals surface area contributed by atoms with E-state index in [2.05, 4.69) is 0 Å². The molecule has 0 aliphatic carbocycles. The number of hydrogen-bond donors (Lipinski definition) is 2. The van der Waals surface area contributed by atoms with Crippen LogP contribution in [0.3, 0.4) is 0 Å². The zero-order chi connectivity index (χ0) is 13.1. The molecule has 98 valence electrons. The number of nitrogens with one attached hydrogen (secondary N) is 1. The van der Waals surface area contributed by atoms with E-state index in [1.165, 1.54) is 12.1 Å². The molecule has 4 nitrogen and oxygen atoms in total. The second kappa shape index (κ2) is 5.35. The minimum Gasteiger partial charge on any atom is -0.488 e. The van der Waals surface area contributed by atoms with Crippen molar-refractivity contribution < 1.29 is 13.9 Å². The highest BCUT2D eigenvalue weighted by Gasteiger charge is 2.22. The van der Waals surface area contributed by atoms with Crippen molar-refractivity contribution in [3.05, 3.63) is 29.6 Å². The zero-order valence-electron chi connectivity index (χ0n) is 10.3. The second-order valence-corrected chi connectivity index (χ2v) is 4.52. The average Bonchev–Trinajstić information content (AvgIpc) is 2.73. The van der Waals surface area contributed by atoms with Crippen molar-refractivity contribution in [3.8, 4) is 5.75 Å². The fourth-order valence-corrected chi connectivity index (χ4v) is 1.98. The lowest BCUT2D eigenvalue weighted by atomic mass is 10.2. The Morgan fingerprint density at radius 3 is 2.89 bits per heavy atom. The molecule has 2 rings (SSSR count). The van der Waals surface area contributed by atoms with Gasteiger partial charge < -0.3 is 15.2 Å². The molecule has 0 spiro atoms. The Morgan fingerprint density at radius 2 is 2.33 bits per heavy atom. The molecule has 1 aliphatic rings. The number of amidine groups is 1. The largest absolute Gasteiger partial charge is 0.488 e. The molecule has 3 N–H and O–H groups in total. The van der Waals surface area contributed by atoms with E-state index in [1.807, 2.05) is 6.92 Å². The molecule has 1 fully saturated rings. The Balaban J connectivity index is 1.95. The minimum absolute atomic E-state index is 0.0342. The molecule has 0 saturated carbocycles. The highest BCUT2D eigenvalue weighted by atomic mass is 19.1. The van der Waals surface area contributed by atoms with Gasteiger partial charge in [-0.1, -0.05) is 0 Å². The van der Waals surface area contributed by atoms with E-state index in [0.29, 0.717) is 12.2 Å². The summed E-state index contributed by atoms with van der Waals surface area (Å²) in [7, 11) is 0. The molecule has 18 heavy (non-hydrogen) atoms. The Morgan fingerprint density at radius 1 is 1.56 bits per heavy atom. The Hall–Kier alpha value is -1.62. The van der Waals surface area contributed by atoms with Crippen LogP contribution in [0.5, 0.6) is 5.75 Å². The molecule has 0 amide bonds. The van der Waals surface area contributed by atoms with E-state index < -0.39 is 5.82 Å². The number of nitrogens with two attached hydrogens (primary N) is 1. The lowest BCUT2D eigenvalue weighted by molar-refractivity contribution is 0.0256. The maximum atomic E-state index is 13.6. The Bertz CT molecular complexity index is 451. The fraction of sp³-hybridized carbons (Fsp3) is 0.462. The first-order valence-electron chi connectivity index (χ1n) is 5.98. The zero-order valence-corrected chi connectivity index (χ0v) is 10.3. The summed E-state index contributed by atoms with van der Waals surface area (Å²) in [5.74, 6) is -0.495. The monoisotopic (exact) mass is 252 g/mol. The van der Waals surface area contributed by atoms with Crippen LogP contribution in [0.15, 0.2) is 18.2 Å². The first-order chi connectivity index (χ1) is 8.56. The topological polar surface area (TPSA) is 68.3 Å². The maximum absolute atomic E-state index is 13.6. The van der Waals surface area contributed by atoms with Crippen LogP contribution in [-0.2, 0) is 4.74 Å². The summed E-state index contributed by atoms with van der Waals surface area (Å²) < 4.78 is 24.6. The number of halogens is 1. The van der Waals surface area contributed by atoms with E-state index in [4.69, 9.17) is 20.6 Å². The molecule has 0 aromatic heterocycles. The van der Waals surface area contributed by atoms with E-state index in [0.717, 1.165) is 12.8 Å². The van der Waals surface area contributed by atoms with Gasteiger partial charge in [-0.25, -0.2) is 4.39 Å². The molecule has 1 aromatic carbocycles. The number of ether oxygens (including phenoxy) is 2. The minimum atomic E-state index is -0.506. The van der Waals surface area contributed by atoms with Crippen molar-refractivity contribution in [2.45, 2.75) is 32.0 Å². The van der Waals surface area contributed by atoms with Crippen molar-refractivity contribution in [1.29, 1.82) is 5.41 Å². The molecule has 1 aliphatic heterocycles. The Labute approximate surface area is 105 Å². The molecule has 0 bridgehead atoms. The number of rotatable bonds is 4. The third-order valence-electron chi connectivity index (χ3n) is 2.99. The first kappa shape index (κ1) is 12.8. The molecule has 1 aromatic rings. The summed E-state index contributed by atoms with van der Waals surface area (Å²) in [4.78, 5) is 0. The van der Waals surface area contributed by atoms with Gasteiger partial charge in [-0.05, 0) is 38.0 Å². The van der Waals surface area contributed by atoms with Crippen LogP contribution < -0.4 is 10.5 Å². The smallest absolute Gasteiger partial charge is 0.165 e. The number of hydrogen-bond acceptors (Lipinski definition) is 3. The van der Waals surface area contributed by atoms with Gasteiger partial charge in [-0.15, -0.1) is 0 Å². The van der Waals surface area contributed by atoms with Gasteiger partial charge in [0, 0.05) is 5.56 Å². The summed E-state index contributed by atoms with van der Waals surface area (Å²) in [5.41, 5.74) is 5.63. The van der Waals surface area contributed by atoms with Gasteiger partial charge >= 0.3 is 0 Å². The quantitative estimate of drug-likeness (QED) is 0.636. The predicted molar refractivity (Wildman–Crippen MR) is 66.5 cm³/mol. The number of benzene rings is 1. The van der Waals surface area contributed by atoms with Crippen molar-refractivity contribution in [2.24, 2.45) is 5.73 Å². The predicted octanol–water partition coefficient (Wildman–Crippen LogP) is 2.06. The lowest BCUT2D eigenvalue weighted by Crippen LogP contribution is -2.18. The standard InChI is InChI=1S/C13H17FN2O2/c1-8-2-4-10(18-8)7-17-12-5-3-9(13(15)16)6-11(12)14/h3,5-6,8,10H,2,4,7H2,1H3,(H3,15,16). The normalized spacial score (nSPS) is 23.0. The second-order valence-electron chi connectivity index (χ2n) is 4.52. The van der Waals surface area contributed by atoms with Gasteiger partial charge in [0.15, 0.2) is 11.6 Å². The van der Waals surface area contributed by atoms with E-state index in [-0.39, 0.29) is 23.8 Å². The van der Waals surface area contributed by atoms with E-state index in [9.17, 15) is 4.39 Å². The van der Waals surface area contributed by atoms with Gasteiger partial charge in [-0.3, -0.25) is 5.41 Å². The molecule has 0 radical (unpaired) electrons. The molecule has 1 heterocycles. The van der Waals surface area contributed by atoms with Crippen molar-refractivity contribution in [3.63, 3.8) is 0 Å². The molecule has 2 unspecified atom stereocenters. The lowest BCUT2D eigenvalue weighted by Gasteiger charge is -2.13. The van der Waals surface area contributed by atoms with Crippen molar-refractivity contribution >= 4 is 5.84 Å². The van der Waals surface area contributed by atoms with Gasteiger partial charge in [0.2, 0.25) is 0 Å².